The summed E-state index contributed by atoms with van der Waals surface area (Å²) < 4.78 is 7.26. The summed E-state index contributed by atoms with van der Waals surface area (Å²) in [7, 11) is 0. The molecule has 16 heavy (non-hydrogen) atoms. The van der Waals surface area contributed by atoms with Crippen molar-refractivity contribution < 1.29 is 4.42 Å². The molecule has 0 unspecified atom stereocenters. The molecule has 0 spiro atoms. The van der Waals surface area contributed by atoms with Gasteiger partial charge in [0.1, 0.15) is 16.1 Å². The zero-order chi connectivity index (χ0) is 11.1. The van der Waals surface area contributed by atoms with Crippen LogP contribution in [0.15, 0.2) is 27.6 Å². The van der Waals surface area contributed by atoms with Crippen LogP contribution in [-0.2, 0) is 0 Å². The van der Waals surface area contributed by atoms with E-state index >= 15 is 0 Å². The summed E-state index contributed by atoms with van der Waals surface area (Å²) in [6.45, 7) is 1.75. The van der Waals surface area contributed by atoms with Crippen LogP contribution in [0.3, 0.4) is 0 Å². The first-order valence-corrected chi connectivity index (χ1v) is 5.47. The fourth-order valence-electron chi connectivity index (χ4n) is 1.49. The molecule has 0 saturated heterocycles. The van der Waals surface area contributed by atoms with Crippen molar-refractivity contribution in [3.05, 3.63) is 44.9 Å². The number of aromatic nitrogens is 3. The molecule has 0 aliphatic rings. The number of aryl methyl sites for hydroxylation is 1. The number of thiazole rings is 1. The van der Waals surface area contributed by atoms with Crippen LogP contribution in [0.4, 0.5) is 0 Å². The minimum atomic E-state index is -0.0982. The highest BCUT2D eigenvalue weighted by atomic mass is 32.1. The molecule has 0 saturated carbocycles. The van der Waals surface area contributed by atoms with E-state index in [1.54, 1.807) is 31.4 Å². The molecule has 0 aromatic carbocycles. The van der Waals surface area contributed by atoms with Gasteiger partial charge in [-0.25, -0.2) is 4.40 Å². The van der Waals surface area contributed by atoms with Crippen LogP contribution in [0, 0.1) is 6.92 Å². The Labute approximate surface area is 93.7 Å². The third-order valence-corrected chi connectivity index (χ3v) is 3.19. The second-order valence-electron chi connectivity index (χ2n) is 3.30. The SMILES string of the molecule is Cc1nnc2sc(=Cc3ccco3)c(=O)n12. The first-order chi connectivity index (χ1) is 7.75. The second kappa shape index (κ2) is 3.28. The molecular formula is C10H7N3O2S. The van der Waals surface area contributed by atoms with Crippen molar-refractivity contribution >= 4 is 22.4 Å². The monoisotopic (exact) mass is 233 g/mol. The number of hydrogen-bond donors (Lipinski definition) is 0. The third-order valence-electron chi connectivity index (χ3n) is 2.23. The van der Waals surface area contributed by atoms with E-state index < -0.39 is 0 Å². The van der Waals surface area contributed by atoms with Crippen LogP contribution in [0.25, 0.3) is 11.0 Å². The van der Waals surface area contributed by atoms with Crippen molar-refractivity contribution in [2.24, 2.45) is 0 Å². The lowest BCUT2D eigenvalue weighted by Gasteiger charge is -1.81. The van der Waals surface area contributed by atoms with Gasteiger partial charge < -0.3 is 4.42 Å². The van der Waals surface area contributed by atoms with Crippen molar-refractivity contribution in [3.8, 4) is 0 Å². The lowest BCUT2D eigenvalue weighted by molar-refractivity contribution is 0.556. The number of furan rings is 1. The highest BCUT2D eigenvalue weighted by Crippen LogP contribution is 2.04. The molecule has 0 fully saturated rings. The van der Waals surface area contributed by atoms with Crippen molar-refractivity contribution in [2.75, 3.05) is 0 Å². The summed E-state index contributed by atoms with van der Waals surface area (Å²) in [6.07, 6.45) is 3.28. The zero-order valence-corrected chi connectivity index (χ0v) is 9.19. The van der Waals surface area contributed by atoms with E-state index in [1.165, 1.54) is 15.7 Å². The Morgan fingerprint density at radius 2 is 2.38 bits per heavy atom. The minimum absolute atomic E-state index is 0.0982. The van der Waals surface area contributed by atoms with Crippen LogP contribution >= 0.6 is 11.3 Å². The Morgan fingerprint density at radius 3 is 3.06 bits per heavy atom. The second-order valence-corrected chi connectivity index (χ2v) is 4.31. The average molecular weight is 233 g/mol. The Balaban J connectivity index is 2.33. The van der Waals surface area contributed by atoms with E-state index in [9.17, 15) is 4.79 Å². The molecule has 0 N–H and O–H groups in total. The predicted octanol–water partition coefficient (Wildman–Crippen LogP) is 0.600. The van der Waals surface area contributed by atoms with Gasteiger partial charge in [0.2, 0.25) is 4.96 Å². The van der Waals surface area contributed by atoms with Gasteiger partial charge in [-0.1, -0.05) is 11.3 Å². The normalized spacial score (nSPS) is 12.7. The maximum atomic E-state index is 12.0. The zero-order valence-electron chi connectivity index (χ0n) is 8.38. The highest BCUT2D eigenvalue weighted by molar-refractivity contribution is 7.15. The topological polar surface area (TPSA) is 60.4 Å². The van der Waals surface area contributed by atoms with E-state index in [0.29, 0.717) is 21.1 Å². The van der Waals surface area contributed by atoms with Gasteiger partial charge in [-0.15, -0.1) is 10.2 Å². The van der Waals surface area contributed by atoms with Crippen LogP contribution in [0.5, 0.6) is 0 Å². The predicted molar refractivity (Wildman–Crippen MR) is 59.4 cm³/mol. The summed E-state index contributed by atoms with van der Waals surface area (Å²) in [4.78, 5) is 12.6. The average Bonchev–Trinajstić information content (AvgIpc) is 2.92. The van der Waals surface area contributed by atoms with Gasteiger partial charge in [-0.3, -0.25) is 4.79 Å². The van der Waals surface area contributed by atoms with Crippen LogP contribution in [-0.4, -0.2) is 14.6 Å². The molecule has 5 nitrogen and oxygen atoms in total. The van der Waals surface area contributed by atoms with E-state index in [-0.39, 0.29) is 5.56 Å². The van der Waals surface area contributed by atoms with Gasteiger partial charge in [0.15, 0.2) is 0 Å². The maximum absolute atomic E-state index is 12.0. The Hall–Kier alpha value is -1.95. The molecule has 3 aromatic heterocycles. The number of nitrogens with zero attached hydrogens (tertiary/aromatic N) is 3. The minimum Gasteiger partial charge on any atom is -0.465 e. The first kappa shape index (κ1) is 9.29. The molecule has 0 atom stereocenters. The van der Waals surface area contributed by atoms with E-state index in [1.807, 2.05) is 0 Å². The van der Waals surface area contributed by atoms with Crippen molar-refractivity contribution in [1.29, 1.82) is 0 Å². The molecule has 0 amide bonds. The summed E-state index contributed by atoms with van der Waals surface area (Å²) in [6, 6.07) is 3.58. The van der Waals surface area contributed by atoms with E-state index in [2.05, 4.69) is 10.2 Å². The van der Waals surface area contributed by atoms with Crippen molar-refractivity contribution in [2.45, 2.75) is 6.92 Å². The molecule has 0 aliphatic heterocycles. The fraction of sp³-hybridized carbons (Fsp3) is 0.100. The number of fused-ring (bicyclic) bond motifs is 1. The van der Waals surface area contributed by atoms with Gasteiger partial charge in [-0.2, -0.15) is 0 Å². The van der Waals surface area contributed by atoms with E-state index in [0.717, 1.165) is 0 Å². The van der Waals surface area contributed by atoms with Gasteiger partial charge in [0.05, 0.1) is 6.26 Å². The van der Waals surface area contributed by atoms with Crippen LogP contribution in [0.2, 0.25) is 0 Å². The molecule has 3 heterocycles. The smallest absolute Gasteiger partial charge is 0.276 e. The molecular weight excluding hydrogens is 226 g/mol. The summed E-state index contributed by atoms with van der Waals surface area (Å²) >= 11 is 1.30. The molecule has 3 rings (SSSR count). The Bertz CT molecular complexity index is 739. The molecule has 3 aromatic rings. The summed E-state index contributed by atoms with van der Waals surface area (Å²) in [5.74, 6) is 1.27. The Kier molecular flexibility index (Phi) is 1.90. The van der Waals surface area contributed by atoms with Gasteiger partial charge in [0.25, 0.3) is 5.56 Å². The largest absolute Gasteiger partial charge is 0.465 e. The molecule has 80 valence electrons. The third kappa shape index (κ3) is 1.27. The fourth-order valence-corrected chi connectivity index (χ4v) is 2.43. The number of hydrogen-bond acceptors (Lipinski definition) is 5. The van der Waals surface area contributed by atoms with Crippen LogP contribution < -0.4 is 10.1 Å². The lowest BCUT2D eigenvalue weighted by atomic mass is 10.4. The van der Waals surface area contributed by atoms with Gasteiger partial charge in [-0.05, 0) is 19.1 Å². The summed E-state index contributed by atoms with van der Waals surface area (Å²) in [5.41, 5.74) is -0.0982. The quantitative estimate of drug-likeness (QED) is 0.617. The lowest BCUT2D eigenvalue weighted by Crippen LogP contribution is -2.23. The standard InChI is InChI=1S/C10H7N3O2S/c1-6-11-12-10-13(6)9(14)8(16-10)5-7-3-2-4-15-7/h2-5H,1H3. The highest BCUT2D eigenvalue weighted by Gasteiger charge is 2.08. The Morgan fingerprint density at radius 1 is 1.50 bits per heavy atom. The molecule has 0 aliphatic carbocycles. The van der Waals surface area contributed by atoms with Gasteiger partial charge >= 0.3 is 0 Å². The van der Waals surface area contributed by atoms with Crippen molar-refractivity contribution in [3.63, 3.8) is 0 Å². The van der Waals surface area contributed by atoms with Crippen LogP contribution in [0.1, 0.15) is 11.6 Å². The maximum Gasteiger partial charge on any atom is 0.276 e. The van der Waals surface area contributed by atoms with Gasteiger partial charge in [0, 0.05) is 6.08 Å². The molecule has 0 radical (unpaired) electrons. The first-order valence-electron chi connectivity index (χ1n) is 4.65. The number of rotatable bonds is 1. The summed E-state index contributed by atoms with van der Waals surface area (Å²) in [5, 5.41) is 7.75. The van der Waals surface area contributed by atoms with Crippen molar-refractivity contribution in [1.82, 2.24) is 14.6 Å². The molecule has 6 heteroatoms. The van der Waals surface area contributed by atoms with E-state index in [4.69, 9.17) is 4.42 Å². The molecule has 0 bridgehead atoms.